The molecule has 3 heterocycles. The lowest BCUT2D eigenvalue weighted by atomic mass is 10.1. The highest BCUT2D eigenvalue weighted by molar-refractivity contribution is 5.94. The van der Waals surface area contributed by atoms with Crippen LogP contribution in [0.25, 0.3) is 5.65 Å². The first-order valence-corrected chi connectivity index (χ1v) is 7.04. The number of aromatic nitrogens is 3. The molecule has 0 saturated heterocycles. The molecule has 1 N–H and O–H groups in total. The molecule has 0 radical (unpaired) electrons. The highest BCUT2D eigenvalue weighted by Crippen LogP contribution is 2.32. The average molecular weight is 294 g/mol. The van der Waals surface area contributed by atoms with E-state index in [2.05, 4.69) is 21.6 Å². The van der Waals surface area contributed by atoms with Crippen LogP contribution in [-0.2, 0) is 0 Å². The van der Waals surface area contributed by atoms with E-state index < -0.39 is 0 Å². The predicted molar refractivity (Wildman–Crippen MR) is 79.9 cm³/mol. The Morgan fingerprint density at radius 3 is 3.18 bits per heavy atom. The minimum Gasteiger partial charge on any atom is -0.491 e. The lowest BCUT2D eigenvalue weighted by molar-refractivity contribution is 0.0930. The molecule has 22 heavy (non-hydrogen) atoms. The molecule has 1 aliphatic rings. The van der Waals surface area contributed by atoms with Crippen LogP contribution in [-0.4, -0.2) is 27.1 Å². The molecule has 0 spiro atoms. The van der Waals surface area contributed by atoms with Crippen LogP contribution < -0.4 is 10.1 Å². The highest BCUT2D eigenvalue weighted by atomic mass is 16.5. The molecule has 0 bridgehead atoms. The second kappa shape index (κ2) is 4.84. The summed E-state index contributed by atoms with van der Waals surface area (Å²) in [6.45, 7) is 2.48. The normalized spacial score (nSPS) is 16.3. The summed E-state index contributed by atoms with van der Waals surface area (Å²) >= 11 is 0. The fourth-order valence-corrected chi connectivity index (χ4v) is 2.66. The van der Waals surface area contributed by atoms with Crippen molar-refractivity contribution >= 4 is 11.6 Å². The van der Waals surface area contributed by atoms with Crippen LogP contribution in [0.1, 0.15) is 27.5 Å². The summed E-state index contributed by atoms with van der Waals surface area (Å²) in [7, 11) is 0. The number of fused-ring (bicyclic) bond motifs is 2. The third-order valence-electron chi connectivity index (χ3n) is 3.80. The molecule has 6 heteroatoms. The van der Waals surface area contributed by atoms with Gasteiger partial charge >= 0.3 is 0 Å². The fraction of sp³-hybridized carbons (Fsp3) is 0.188. The zero-order chi connectivity index (χ0) is 15.1. The van der Waals surface area contributed by atoms with Gasteiger partial charge in [-0.1, -0.05) is 17.7 Å². The smallest absolute Gasteiger partial charge is 0.253 e. The largest absolute Gasteiger partial charge is 0.491 e. The van der Waals surface area contributed by atoms with E-state index in [1.54, 1.807) is 29.1 Å². The monoisotopic (exact) mass is 294 g/mol. The number of nitrogens with one attached hydrogen (secondary N) is 1. The van der Waals surface area contributed by atoms with Crippen molar-refractivity contribution in [1.82, 2.24) is 19.9 Å². The van der Waals surface area contributed by atoms with E-state index in [0.29, 0.717) is 17.8 Å². The molecular formula is C16H14N4O2. The minimum atomic E-state index is -0.140. The number of rotatable bonds is 2. The van der Waals surface area contributed by atoms with Crippen molar-refractivity contribution in [2.45, 2.75) is 13.0 Å². The standard InChI is InChI=1S/C16H14N4O2/c1-10-2-4-14-12(6-10)13(8-22-14)18-16(21)11-3-5-15-19-17-9-20(15)7-11/h2-7,9,13H,8H2,1H3,(H,18,21). The Labute approximate surface area is 126 Å². The number of benzene rings is 1. The van der Waals surface area contributed by atoms with Crippen LogP contribution >= 0.6 is 0 Å². The summed E-state index contributed by atoms with van der Waals surface area (Å²) in [5.41, 5.74) is 3.45. The zero-order valence-electron chi connectivity index (χ0n) is 12.0. The molecule has 0 aliphatic carbocycles. The first-order chi connectivity index (χ1) is 10.7. The molecule has 3 aromatic rings. The van der Waals surface area contributed by atoms with Gasteiger partial charge in [-0.15, -0.1) is 10.2 Å². The summed E-state index contributed by atoms with van der Waals surface area (Å²) in [6.07, 6.45) is 3.29. The number of hydrogen-bond acceptors (Lipinski definition) is 4. The molecule has 1 unspecified atom stereocenters. The molecule has 0 saturated carbocycles. The average Bonchev–Trinajstić information content (AvgIpc) is 3.13. The first kappa shape index (κ1) is 12.8. The molecule has 1 aliphatic heterocycles. The number of amides is 1. The number of hydrogen-bond donors (Lipinski definition) is 1. The Hall–Kier alpha value is -2.89. The van der Waals surface area contributed by atoms with Gasteiger partial charge in [-0.2, -0.15) is 0 Å². The molecule has 110 valence electrons. The number of pyridine rings is 1. The second-order valence-electron chi connectivity index (χ2n) is 5.39. The summed E-state index contributed by atoms with van der Waals surface area (Å²) in [5.74, 6) is 0.698. The maximum absolute atomic E-state index is 12.4. The van der Waals surface area contributed by atoms with Crippen molar-refractivity contribution < 1.29 is 9.53 Å². The van der Waals surface area contributed by atoms with E-state index >= 15 is 0 Å². The van der Waals surface area contributed by atoms with Crippen molar-refractivity contribution in [1.29, 1.82) is 0 Å². The van der Waals surface area contributed by atoms with Crippen LogP contribution in [0.5, 0.6) is 5.75 Å². The maximum Gasteiger partial charge on any atom is 0.253 e. The Balaban J connectivity index is 1.59. The van der Waals surface area contributed by atoms with Gasteiger partial charge < -0.3 is 10.1 Å². The Morgan fingerprint density at radius 2 is 2.27 bits per heavy atom. The van der Waals surface area contributed by atoms with Crippen molar-refractivity contribution in [2.75, 3.05) is 6.61 Å². The van der Waals surface area contributed by atoms with Crippen molar-refractivity contribution in [3.63, 3.8) is 0 Å². The van der Waals surface area contributed by atoms with Crippen LogP contribution in [0.2, 0.25) is 0 Å². The van der Waals surface area contributed by atoms with E-state index in [9.17, 15) is 4.79 Å². The van der Waals surface area contributed by atoms with Gasteiger partial charge in [0.1, 0.15) is 18.7 Å². The summed E-state index contributed by atoms with van der Waals surface area (Å²) < 4.78 is 7.34. The quantitative estimate of drug-likeness (QED) is 0.784. The third kappa shape index (κ3) is 2.09. The lowest BCUT2D eigenvalue weighted by Crippen LogP contribution is -2.29. The minimum absolute atomic E-state index is 0.126. The summed E-state index contributed by atoms with van der Waals surface area (Å²) in [5, 5.41) is 10.7. The van der Waals surface area contributed by atoms with E-state index in [1.807, 2.05) is 19.1 Å². The Bertz CT molecular complexity index is 871. The number of ether oxygens (including phenoxy) is 1. The van der Waals surface area contributed by atoms with Gasteiger partial charge in [-0.05, 0) is 25.1 Å². The molecule has 4 rings (SSSR count). The number of aryl methyl sites for hydroxylation is 1. The van der Waals surface area contributed by atoms with Crippen molar-refractivity contribution in [2.24, 2.45) is 0 Å². The lowest BCUT2D eigenvalue weighted by Gasteiger charge is -2.12. The Morgan fingerprint density at radius 1 is 1.36 bits per heavy atom. The topological polar surface area (TPSA) is 68.5 Å². The summed E-state index contributed by atoms with van der Waals surface area (Å²) in [6, 6.07) is 9.38. The van der Waals surface area contributed by atoms with Gasteiger partial charge in [0, 0.05) is 11.8 Å². The van der Waals surface area contributed by atoms with Gasteiger partial charge in [-0.3, -0.25) is 9.20 Å². The highest BCUT2D eigenvalue weighted by Gasteiger charge is 2.26. The molecular weight excluding hydrogens is 280 g/mol. The van der Waals surface area contributed by atoms with Crippen LogP contribution in [0.3, 0.4) is 0 Å². The van der Waals surface area contributed by atoms with E-state index in [4.69, 9.17) is 4.74 Å². The van der Waals surface area contributed by atoms with Gasteiger partial charge in [0.15, 0.2) is 5.65 Å². The van der Waals surface area contributed by atoms with Crippen LogP contribution in [0.15, 0.2) is 42.9 Å². The first-order valence-electron chi connectivity index (χ1n) is 7.04. The van der Waals surface area contributed by atoms with Gasteiger partial charge in [-0.25, -0.2) is 0 Å². The second-order valence-corrected chi connectivity index (χ2v) is 5.39. The molecule has 1 amide bonds. The molecule has 0 fully saturated rings. The summed E-state index contributed by atoms with van der Waals surface area (Å²) in [4.78, 5) is 12.4. The molecule has 1 aromatic carbocycles. The SMILES string of the molecule is Cc1ccc2c(c1)C(NC(=O)c1ccc3nncn3c1)CO2. The number of carbonyl (C=O) groups is 1. The van der Waals surface area contributed by atoms with Gasteiger partial charge in [0.05, 0.1) is 11.6 Å². The van der Waals surface area contributed by atoms with Crippen LogP contribution in [0.4, 0.5) is 0 Å². The van der Waals surface area contributed by atoms with Gasteiger partial charge in [0.25, 0.3) is 5.91 Å². The molecule has 1 atom stereocenters. The van der Waals surface area contributed by atoms with E-state index in [-0.39, 0.29) is 11.9 Å². The molecule has 6 nitrogen and oxygen atoms in total. The van der Waals surface area contributed by atoms with E-state index in [1.165, 1.54) is 0 Å². The third-order valence-corrected chi connectivity index (χ3v) is 3.80. The number of nitrogens with zero attached hydrogens (tertiary/aromatic N) is 3. The fourth-order valence-electron chi connectivity index (χ4n) is 2.66. The van der Waals surface area contributed by atoms with E-state index in [0.717, 1.165) is 16.9 Å². The van der Waals surface area contributed by atoms with Crippen molar-refractivity contribution in [3.05, 3.63) is 59.5 Å². The number of carbonyl (C=O) groups excluding carboxylic acids is 1. The van der Waals surface area contributed by atoms with Gasteiger partial charge in [0.2, 0.25) is 0 Å². The zero-order valence-corrected chi connectivity index (χ0v) is 12.0. The maximum atomic E-state index is 12.4. The molecule has 2 aromatic heterocycles. The Kier molecular flexibility index (Phi) is 2.82. The van der Waals surface area contributed by atoms with Crippen molar-refractivity contribution in [3.8, 4) is 5.75 Å². The predicted octanol–water partition coefficient (Wildman–Crippen LogP) is 1.90. The van der Waals surface area contributed by atoms with Crippen LogP contribution in [0, 0.1) is 6.92 Å².